The van der Waals surface area contributed by atoms with Crippen LogP contribution in [0.25, 0.3) is 6.08 Å². The highest BCUT2D eigenvalue weighted by molar-refractivity contribution is 9.10. The van der Waals surface area contributed by atoms with Crippen LogP contribution in [-0.2, 0) is 15.1 Å². The molecule has 0 spiro atoms. The summed E-state index contributed by atoms with van der Waals surface area (Å²) in [7, 11) is 0. The van der Waals surface area contributed by atoms with Crippen molar-refractivity contribution >= 4 is 33.8 Å². The number of rotatable bonds is 4. The van der Waals surface area contributed by atoms with Gasteiger partial charge in [0.05, 0.1) is 18.0 Å². The number of benzene rings is 2. The van der Waals surface area contributed by atoms with Crippen molar-refractivity contribution in [1.82, 2.24) is 10.2 Å². The van der Waals surface area contributed by atoms with Gasteiger partial charge < -0.3 is 10.2 Å². The van der Waals surface area contributed by atoms with E-state index in [1.807, 2.05) is 42.5 Å². The van der Waals surface area contributed by atoms with Crippen LogP contribution in [0, 0.1) is 0 Å². The third kappa shape index (κ3) is 3.56. The molecule has 1 aliphatic heterocycles. The summed E-state index contributed by atoms with van der Waals surface area (Å²) >= 11 is 3.51. The van der Waals surface area contributed by atoms with Crippen LogP contribution in [0.4, 0.5) is 0 Å². The first-order valence-corrected chi connectivity index (χ1v) is 9.91. The van der Waals surface area contributed by atoms with Crippen molar-refractivity contribution in [3.8, 4) is 0 Å². The lowest BCUT2D eigenvalue weighted by Crippen LogP contribution is -2.39. The number of nitrogens with zero attached hydrogens (tertiary/aromatic N) is 1. The fraction of sp³-hybridized carbons (Fsp3) is 0.273. The first kappa shape index (κ1) is 18.0. The Balaban J connectivity index is 1.55. The molecule has 1 aliphatic carbocycles. The number of carbonyl (C=O) groups is 2. The highest BCUT2D eigenvalue weighted by atomic mass is 79.9. The maximum absolute atomic E-state index is 12.9. The van der Waals surface area contributed by atoms with Gasteiger partial charge in [-0.3, -0.25) is 9.59 Å². The molecular formula is C22H21BrN2O2. The standard InChI is InChI=1S/C22H21BrN2O2/c1-15(26)25-12-9-16-5-2-3-8-19(16)20(25)14-21(27)24-22(10-11-22)17-6-4-7-18(23)13-17/h2-9,12-13,20H,10-11,14H2,1H3,(H,24,27)/t20-/m0/s1. The molecule has 5 heteroatoms. The predicted octanol–water partition coefficient (Wildman–Crippen LogP) is 4.52. The highest BCUT2D eigenvalue weighted by Gasteiger charge is 2.46. The zero-order chi connectivity index (χ0) is 19.0. The molecule has 0 aromatic heterocycles. The molecule has 1 saturated carbocycles. The molecule has 2 aromatic rings. The third-order valence-corrected chi connectivity index (χ3v) is 5.85. The molecule has 2 aliphatic rings. The smallest absolute Gasteiger partial charge is 0.223 e. The lowest BCUT2D eigenvalue weighted by molar-refractivity contribution is -0.130. The van der Waals surface area contributed by atoms with E-state index < -0.39 is 0 Å². The van der Waals surface area contributed by atoms with Crippen LogP contribution >= 0.6 is 15.9 Å². The fourth-order valence-corrected chi connectivity index (χ4v) is 4.20. The Morgan fingerprint density at radius 3 is 2.67 bits per heavy atom. The summed E-state index contributed by atoms with van der Waals surface area (Å²) in [6.07, 6.45) is 5.83. The van der Waals surface area contributed by atoms with Crippen molar-refractivity contribution in [2.45, 2.75) is 37.8 Å². The van der Waals surface area contributed by atoms with Crippen LogP contribution in [0.3, 0.4) is 0 Å². The molecule has 0 unspecified atom stereocenters. The molecule has 1 fully saturated rings. The Bertz CT molecular complexity index is 933. The van der Waals surface area contributed by atoms with Gasteiger partial charge in [-0.15, -0.1) is 0 Å². The summed E-state index contributed by atoms with van der Waals surface area (Å²) in [5.41, 5.74) is 2.92. The van der Waals surface area contributed by atoms with Gasteiger partial charge in [0.2, 0.25) is 11.8 Å². The van der Waals surface area contributed by atoms with Crippen molar-refractivity contribution in [3.63, 3.8) is 0 Å². The number of nitrogens with one attached hydrogen (secondary N) is 1. The number of amides is 2. The van der Waals surface area contributed by atoms with E-state index in [-0.39, 0.29) is 29.8 Å². The van der Waals surface area contributed by atoms with E-state index >= 15 is 0 Å². The Hall–Kier alpha value is -2.40. The van der Waals surface area contributed by atoms with Crippen molar-refractivity contribution < 1.29 is 9.59 Å². The highest BCUT2D eigenvalue weighted by Crippen LogP contribution is 2.46. The number of fused-ring (bicyclic) bond motifs is 1. The quantitative estimate of drug-likeness (QED) is 0.783. The second-order valence-electron chi connectivity index (χ2n) is 7.23. The summed E-state index contributed by atoms with van der Waals surface area (Å²) in [5, 5.41) is 3.23. The van der Waals surface area contributed by atoms with Crippen molar-refractivity contribution in [2.75, 3.05) is 0 Å². The van der Waals surface area contributed by atoms with E-state index in [1.54, 1.807) is 11.1 Å². The molecule has 138 valence electrons. The van der Waals surface area contributed by atoms with E-state index in [9.17, 15) is 9.59 Å². The molecule has 4 nitrogen and oxygen atoms in total. The number of halogens is 1. The number of hydrogen-bond donors (Lipinski definition) is 1. The summed E-state index contributed by atoms with van der Waals surface area (Å²) in [5.74, 6) is -0.0968. The van der Waals surface area contributed by atoms with Crippen LogP contribution in [0.2, 0.25) is 0 Å². The Labute approximate surface area is 167 Å². The molecule has 0 bridgehead atoms. The topological polar surface area (TPSA) is 49.4 Å². The van der Waals surface area contributed by atoms with Crippen molar-refractivity contribution in [1.29, 1.82) is 0 Å². The second-order valence-corrected chi connectivity index (χ2v) is 8.15. The molecule has 27 heavy (non-hydrogen) atoms. The minimum atomic E-state index is -0.276. The molecule has 2 amide bonds. The predicted molar refractivity (Wildman–Crippen MR) is 109 cm³/mol. The molecule has 4 rings (SSSR count). The van der Waals surface area contributed by atoms with Gasteiger partial charge in [-0.25, -0.2) is 0 Å². The van der Waals surface area contributed by atoms with Crippen molar-refractivity contribution in [2.24, 2.45) is 0 Å². The molecule has 2 aromatic carbocycles. The first-order valence-electron chi connectivity index (χ1n) is 9.12. The molecule has 0 saturated heterocycles. The van der Waals surface area contributed by atoms with Crippen LogP contribution in [-0.4, -0.2) is 16.7 Å². The third-order valence-electron chi connectivity index (χ3n) is 5.35. The largest absolute Gasteiger partial charge is 0.347 e. The van der Waals surface area contributed by atoms with Gasteiger partial charge in [0.15, 0.2) is 0 Å². The van der Waals surface area contributed by atoms with E-state index in [1.165, 1.54) is 6.92 Å². The number of hydrogen-bond acceptors (Lipinski definition) is 2. The lowest BCUT2D eigenvalue weighted by atomic mass is 9.93. The molecule has 1 atom stereocenters. The monoisotopic (exact) mass is 424 g/mol. The van der Waals surface area contributed by atoms with E-state index in [2.05, 4.69) is 33.4 Å². The SMILES string of the molecule is CC(=O)N1C=Cc2ccccc2[C@@H]1CC(=O)NC1(c2cccc(Br)c2)CC1. The lowest BCUT2D eigenvalue weighted by Gasteiger charge is -2.32. The fourth-order valence-electron chi connectivity index (χ4n) is 3.80. The second kappa shape index (κ2) is 6.97. The number of carbonyl (C=O) groups excluding carboxylic acids is 2. The molecule has 1 heterocycles. The van der Waals surface area contributed by atoms with E-state index in [0.29, 0.717) is 0 Å². The van der Waals surface area contributed by atoms with Gasteiger partial charge in [-0.2, -0.15) is 0 Å². The van der Waals surface area contributed by atoms with Crippen LogP contribution in [0.5, 0.6) is 0 Å². The summed E-state index contributed by atoms with van der Waals surface area (Å²) in [4.78, 5) is 26.7. The Morgan fingerprint density at radius 2 is 1.96 bits per heavy atom. The average molecular weight is 425 g/mol. The molecule has 0 radical (unpaired) electrons. The van der Waals surface area contributed by atoms with Gasteiger partial charge in [0, 0.05) is 17.6 Å². The van der Waals surface area contributed by atoms with Gasteiger partial charge in [0.1, 0.15) is 0 Å². The van der Waals surface area contributed by atoms with Crippen LogP contribution in [0.1, 0.15) is 48.9 Å². The normalized spacial score (nSPS) is 19.3. The summed E-state index contributed by atoms with van der Waals surface area (Å²) < 4.78 is 1.01. The summed E-state index contributed by atoms with van der Waals surface area (Å²) in [6, 6.07) is 15.7. The average Bonchev–Trinajstić information content (AvgIpc) is 3.42. The van der Waals surface area contributed by atoms with Crippen LogP contribution in [0.15, 0.2) is 59.2 Å². The Kier molecular flexibility index (Phi) is 4.64. The minimum Gasteiger partial charge on any atom is -0.347 e. The Morgan fingerprint density at radius 1 is 1.19 bits per heavy atom. The van der Waals surface area contributed by atoms with E-state index in [4.69, 9.17) is 0 Å². The zero-order valence-corrected chi connectivity index (χ0v) is 16.7. The van der Waals surface area contributed by atoms with Crippen LogP contribution < -0.4 is 5.32 Å². The van der Waals surface area contributed by atoms with Gasteiger partial charge >= 0.3 is 0 Å². The molecule has 1 N–H and O–H groups in total. The minimum absolute atomic E-state index is 0.0335. The van der Waals surface area contributed by atoms with E-state index in [0.717, 1.165) is 34.0 Å². The summed E-state index contributed by atoms with van der Waals surface area (Å²) in [6.45, 7) is 1.53. The molecular weight excluding hydrogens is 404 g/mol. The van der Waals surface area contributed by atoms with Gasteiger partial charge in [0.25, 0.3) is 0 Å². The maximum atomic E-state index is 12.9. The van der Waals surface area contributed by atoms with Gasteiger partial charge in [-0.1, -0.05) is 52.3 Å². The van der Waals surface area contributed by atoms with Crippen molar-refractivity contribution in [3.05, 3.63) is 75.9 Å². The zero-order valence-electron chi connectivity index (χ0n) is 15.1. The van der Waals surface area contributed by atoms with Gasteiger partial charge in [-0.05, 0) is 47.7 Å². The maximum Gasteiger partial charge on any atom is 0.223 e. The first-order chi connectivity index (χ1) is 13.0.